The molecule has 3 nitrogen and oxygen atoms in total. The van der Waals surface area contributed by atoms with E-state index in [-0.39, 0.29) is 25.4 Å². The molecule has 2 N–H and O–H groups in total. The van der Waals surface area contributed by atoms with Crippen molar-refractivity contribution in [3.63, 3.8) is 0 Å². The fraction of sp³-hybridized carbons (Fsp3) is 0.250. The van der Waals surface area contributed by atoms with Gasteiger partial charge in [0.1, 0.15) is 18.5 Å². The number of aliphatic hydroxyl groups is 1. The SMILES string of the molecule is OC(CNCc1ccc(F)c(F)c1)COc1ccc(F)c(F)c1. The summed E-state index contributed by atoms with van der Waals surface area (Å²) in [6.07, 6.45) is -0.909. The number of ether oxygens (including phenoxy) is 1. The van der Waals surface area contributed by atoms with Crippen LogP contribution >= 0.6 is 0 Å². The van der Waals surface area contributed by atoms with Crippen LogP contribution in [0.15, 0.2) is 36.4 Å². The van der Waals surface area contributed by atoms with Crippen molar-refractivity contribution in [2.75, 3.05) is 13.2 Å². The van der Waals surface area contributed by atoms with Gasteiger partial charge in [0.2, 0.25) is 0 Å². The van der Waals surface area contributed by atoms with Gasteiger partial charge in [-0.1, -0.05) is 6.07 Å². The summed E-state index contributed by atoms with van der Waals surface area (Å²) in [6.45, 7) is 0.234. The van der Waals surface area contributed by atoms with Crippen molar-refractivity contribution in [1.29, 1.82) is 0 Å². The molecule has 0 radical (unpaired) electrons. The Bertz CT molecular complexity index is 667. The van der Waals surface area contributed by atoms with Crippen LogP contribution in [0.1, 0.15) is 5.56 Å². The van der Waals surface area contributed by atoms with E-state index in [1.165, 1.54) is 12.1 Å². The first kappa shape index (κ1) is 17.2. The van der Waals surface area contributed by atoms with E-state index in [1.807, 2.05) is 0 Å². The minimum atomic E-state index is -1.03. The van der Waals surface area contributed by atoms with Gasteiger partial charge in [-0.25, -0.2) is 17.6 Å². The highest BCUT2D eigenvalue weighted by molar-refractivity contribution is 5.23. The Kier molecular flexibility index (Phi) is 5.95. The Morgan fingerprint density at radius 2 is 1.57 bits per heavy atom. The van der Waals surface area contributed by atoms with Crippen LogP contribution in [0.5, 0.6) is 5.75 Å². The van der Waals surface area contributed by atoms with Crippen molar-refractivity contribution < 1.29 is 27.4 Å². The molecule has 23 heavy (non-hydrogen) atoms. The molecule has 7 heteroatoms. The summed E-state index contributed by atoms with van der Waals surface area (Å²) in [7, 11) is 0. The normalized spacial score (nSPS) is 12.2. The number of hydrogen-bond donors (Lipinski definition) is 2. The molecule has 0 saturated carbocycles. The maximum absolute atomic E-state index is 13.0. The Morgan fingerprint density at radius 1 is 0.913 bits per heavy atom. The lowest BCUT2D eigenvalue weighted by Gasteiger charge is -2.13. The summed E-state index contributed by atoms with van der Waals surface area (Å²) in [4.78, 5) is 0. The second-order valence-corrected chi connectivity index (χ2v) is 4.92. The zero-order valence-electron chi connectivity index (χ0n) is 12.0. The van der Waals surface area contributed by atoms with Gasteiger partial charge in [-0.3, -0.25) is 0 Å². The molecule has 0 aliphatic heterocycles. The topological polar surface area (TPSA) is 41.5 Å². The minimum Gasteiger partial charge on any atom is -0.491 e. The van der Waals surface area contributed by atoms with Crippen molar-refractivity contribution in [2.45, 2.75) is 12.6 Å². The molecule has 2 aromatic carbocycles. The fourth-order valence-electron chi connectivity index (χ4n) is 1.85. The van der Waals surface area contributed by atoms with Gasteiger partial charge in [-0.2, -0.15) is 0 Å². The second kappa shape index (κ2) is 7.94. The lowest BCUT2D eigenvalue weighted by atomic mass is 10.2. The van der Waals surface area contributed by atoms with Crippen molar-refractivity contribution in [3.05, 3.63) is 65.2 Å². The lowest BCUT2D eigenvalue weighted by Crippen LogP contribution is -2.31. The maximum atomic E-state index is 13.0. The Hall–Kier alpha value is -2.12. The molecular weight excluding hydrogens is 314 g/mol. The smallest absolute Gasteiger partial charge is 0.162 e. The Morgan fingerprint density at radius 3 is 2.22 bits per heavy atom. The molecule has 0 heterocycles. The van der Waals surface area contributed by atoms with E-state index in [2.05, 4.69) is 5.32 Å². The number of rotatable bonds is 7. The first-order valence-electron chi connectivity index (χ1n) is 6.86. The third-order valence-corrected chi connectivity index (χ3v) is 3.03. The van der Waals surface area contributed by atoms with Gasteiger partial charge in [-0.05, 0) is 29.8 Å². The van der Waals surface area contributed by atoms with E-state index in [9.17, 15) is 22.7 Å². The van der Waals surface area contributed by atoms with Crippen LogP contribution in [0.4, 0.5) is 17.6 Å². The molecule has 124 valence electrons. The molecular formula is C16H15F4NO2. The van der Waals surface area contributed by atoms with Gasteiger partial charge >= 0.3 is 0 Å². The molecule has 0 aliphatic rings. The van der Waals surface area contributed by atoms with E-state index >= 15 is 0 Å². The predicted molar refractivity (Wildman–Crippen MR) is 75.9 cm³/mol. The first-order valence-corrected chi connectivity index (χ1v) is 6.86. The van der Waals surface area contributed by atoms with E-state index < -0.39 is 29.4 Å². The summed E-state index contributed by atoms with van der Waals surface area (Å²) in [5.74, 6) is -3.77. The summed E-state index contributed by atoms with van der Waals surface area (Å²) in [5, 5.41) is 12.6. The molecule has 0 aliphatic carbocycles. The molecule has 0 amide bonds. The number of halogens is 4. The largest absolute Gasteiger partial charge is 0.491 e. The van der Waals surface area contributed by atoms with Crippen molar-refractivity contribution in [3.8, 4) is 5.75 Å². The average Bonchev–Trinajstić information content (AvgIpc) is 2.52. The molecule has 0 saturated heterocycles. The molecule has 2 rings (SSSR count). The highest BCUT2D eigenvalue weighted by Gasteiger charge is 2.08. The van der Waals surface area contributed by atoms with Crippen LogP contribution in [0.25, 0.3) is 0 Å². The predicted octanol–water partition coefficient (Wildman–Crippen LogP) is 2.77. The molecule has 1 unspecified atom stereocenters. The number of aliphatic hydroxyl groups excluding tert-OH is 1. The van der Waals surface area contributed by atoms with Crippen LogP contribution in [-0.2, 0) is 6.54 Å². The van der Waals surface area contributed by atoms with Crippen LogP contribution in [0.2, 0.25) is 0 Å². The van der Waals surface area contributed by atoms with Crippen molar-refractivity contribution in [1.82, 2.24) is 5.32 Å². The average molecular weight is 329 g/mol. The molecule has 0 spiro atoms. The number of hydrogen-bond acceptors (Lipinski definition) is 3. The molecule has 0 aromatic heterocycles. The highest BCUT2D eigenvalue weighted by atomic mass is 19.2. The van der Waals surface area contributed by atoms with Crippen LogP contribution < -0.4 is 10.1 Å². The number of benzene rings is 2. The Balaban J connectivity index is 1.73. The first-order chi connectivity index (χ1) is 11.0. The third kappa shape index (κ3) is 5.22. The van der Waals surface area contributed by atoms with Gasteiger partial charge in [0.05, 0.1) is 0 Å². The number of nitrogens with one attached hydrogen (secondary N) is 1. The molecule has 2 aromatic rings. The standard InChI is InChI=1S/C16H15F4NO2/c17-13-3-1-10(5-15(13)19)7-21-8-11(22)9-23-12-2-4-14(18)16(20)6-12/h1-6,11,21-22H,7-9H2. The van der Waals surface area contributed by atoms with Gasteiger partial charge in [-0.15, -0.1) is 0 Å². The third-order valence-electron chi connectivity index (χ3n) is 3.03. The summed E-state index contributed by atoms with van der Waals surface area (Å²) >= 11 is 0. The van der Waals surface area contributed by atoms with E-state index in [1.54, 1.807) is 0 Å². The molecule has 0 bridgehead atoms. The minimum absolute atomic E-state index is 0.101. The van der Waals surface area contributed by atoms with E-state index in [0.717, 1.165) is 24.3 Å². The van der Waals surface area contributed by atoms with Crippen molar-refractivity contribution >= 4 is 0 Å². The monoisotopic (exact) mass is 329 g/mol. The lowest BCUT2D eigenvalue weighted by molar-refractivity contribution is 0.106. The molecule has 1 atom stereocenters. The van der Waals surface area contributed by atoms with E-state index in [4.69, 9.17) is 4.74 Å². The van der Waals surface area contributed by atoms with Gasteiger partial charge in [0, 0.05) is 19.2 Å². The Labute approximate surface area is 130 Å². The van der Waals surface area contributed by atoms with Gasteiger partial charge in [0.15, 0.2) is 23.3 Å². The molecule has 0 fully saturated rings. The second-order valence-electron chi connectivity index (χ2n) is 4.92. The van der Waals surface area contributed by atoms with Gasteiger partial charge < -0.3 is 15.2 Å². The van der Waals surface area contributed by atoms with Crippen LogP contribution in [0.3, 0.4) is 0 Å². The van der Waals surface area contributed by atoms with Gasteiger partial charge in [0.25, 0.3) is 0 Å². The van der Waals surface area contributed by atoms with Crippen molar-refractivity contribution in [2.24, 2.45) is 0 Å². The maximum Gasteiger partial charge on any atom is 0.162 e. The highest BCUT2D eigenvalue weighted by Crippen LogP contribution is 2.15. The summed E-state index contributed by atoms with van der Waals surface area (Å²) in [5.41, 5.74) is 0.526. The van der Waals surface area contributed by atoms with Crippen LogP contribution in [0, 0.1) is 23.3 Å². The van der Waals surface area contributed by atoms with Crippen LogP contribution in [-0.4, -0.2) is 24.4 Å². The summed E-state index contributed by atoms with van der Waals surface area (Å²) in [6, 6.07) is 6.58. The van der Waals surface area contributed by atoms with E-state index in [0.29, 0.717) is 5.56 Å². The zero-order chi connectivity index (χ0) is 16.8. The fourth-order valence-corrected chi connectivity index (χ4v) is 1.85. The quantitative estimate of drug-likeness (QED) is 0.768. The summed E-state index contributed by atoms with van der Waals surface area (Å²) < 4.78 is 56.6. The zero-order valence-corrected chi connectivity index (χ0v) is 12.0.